The molecule has 0 radical (unpaired) electrons. The molecule has 0 spiro atoms. The lowest BCUT2D eigenvalue weighted by Crippen LogP contribution is -2.36. The van der Waals surface area contributed by atoms with E-state index in [9.17, 15) is 4.79 Å². The molecule has 1 aliphatic rings. The number of carbonyl (C=O) groups excluding carboxylic acids is 1. The van der Waals surface area contributed by atoms with Crippen LogP contribution in [0.5, 0.6) is 0 Å². The Morgan fingerprint density at radius 2 is 1.63 bits per heavy atom. The molecule has 0 aromatic rings. The molecule has 1 saturated heterocycles. The number of hydrogen-bond donors (Lipinski definition) is 4. The lowest BCUT2D eigenvalue weighted by atomic mass is 10.1. The number of amides is 2. The molecule has 27 heavy (non-hydrogen) atoms. The Kier molecular flexibility index (Phi) is 15.4. The molecule has 0 aliphatic carbocycles. The summed E-state index contributed by atoms with van der Waals surface area (Å²) in [6, 6.07) is -0.0275. The number of hydrogen-bond acceptors (Lipinski definition) is 4. The summed E-state index contributed by atoms with van der Waals surface area (Å²) in [6.45, 7) is 3.71. The van der Waals surface area contributed by atoms with E-state index in [1.807, 2.05) is 0 Å². The van der Waals surface area contributed by atoms with Crippen molar-refractivity contribution in [2.45, 2.75) is 90.1 Å². The minimum absolute atomic E-state index is 0.0275. The molecule has 158 valence electrons. The van der Waals surface area contributed by atoms with E-state index in [0.717, 1.165) is 45.2 Å². The van der Waals surface area contributed by atoms with E-state index in [4.69, 9.17) is 4.28 Å². The Morgan fingerprint density at radius 1 is 1.00 bits per heavy atom. The molecular weight excluding hydrogens is 360 g/mol. The van der Waals surface area contributed by atoms with Gasteiger partial charge in [0.15, 0.2) is 0 Å². The van der Waals surface area contributed by atoms with Gasteiger partial charge in [-0.2, -0.15) is 5.48 Å². The van der Waals surface area contributed by atoms with E-state index in [1.54, 1.807) is 0 Å². The van der Waals surface area contributed by atoms with Crippen LogP contribution in [0.4, 0.5) is 4.79 Å². The normalized spacial score (nSPS) is 19.6. The highest BCUT2D eigenvalue weighted by Crippen LogP contribution is 2.16. The zero-order chi connectivity index (χ0) is 19.6. The molecule has 4 N–H and O–H groups in total. The summed E-state index contributed by atoms with van der Waals surface area (Å²) in [5.41, 5.74) is 2.97. The van der Waals surface area contributed by atoms with E-state index in [2.05, 4.69) is 45.8 Å². The molecule has 1 fully saturated rings. The summed E-state index contributed by atoms with van der Waals surface area (Å²) >= 11 is 0. The molecule has 1 heterocycles. The van der Waals surface area contributed by atoms with Gasteiger partial charge >= 0.3 is 6.03 Å². The predicted octanol–water partition coefficient (Wildman–Crippen LogP) is 4.52. The third-order valence-corrected chi connectivity index (χ3v) is 5.34. The van der Waals surface area contributed by atoms with Crippen LogP contribution in [0.2, 0.25) is 0 Å². The zero-order valence-corrected chi connectivity index (χ0v) is 17.9. The number of carbonyl (C=O) groups is 1. The topological polar surface area (TPSA) is 74.4 Å². The summed E-state index contributed by atoms with van der Waals surface area (Å²) in [5.74, 6) is 3.82. The maximum Gasteiger partial charge on any atom is 0.314 e. The summed E-state index contributed by atoms with van der Waals surface area (Å²) in [7, 11) is -0.368. The summed E-state index contributed by atoms with van der Waals surface area (Å²) in [5, 5.41) is 5.81. The van der Waals surface area contributed by atoms with Crippen LogP contribution in [-0.4, -0.2) is 31.2 Å². The van der Waals surface area contributed by atoms with E-state index >= 15 is 0 Å². The highest BCUT2D eigenvalue weighted by molar-refractivity contribution is 8.08. The molecule has 2 atom stereocenters. The minimum Gasteiger partial charge on any atom is -0.338 e. The first-order chi connectivity index (χ1) is 13.2. The SMILES string of the molecule is C=S1NC(CCCCCC/C=C\CCCCNC(=O)NCCCCC)NO1. The second-order valence-electron chi connectivity index (χ2n) is 7.07. The van der Waals surface area contributed by atoms with Crippen LogP contribution in [0.3, 0.4) is 0 Å². The molecule has 7 heteroatoms. The van der Waals surface area contributed by atoms with Crippen molar-refractivity contribution in [3.05, 3.63) is 12.2 Å². The van der Waals surface area contributed by atoms with Gasteiger partial charge in [-0.15, -0.1) is 0 Å². The van der Waals surface area contributed by atoms with Crippen molar-refractivity contribution in [3.8, 4) is 0 Å². The van der Waals surface area contributed by atoms with Gasteiger partial charge in [0.05, 0.1) is 6.17 Å². The van der Waals surface area contributed by atoms with Gasteiger partial charge in [0.2, 0.25) is 0 Å². The Bertz CT molecular complexity index is 432. The maximum atomic E-state index is 11.5. The molecule has 2 unspecified atom stereocenters. The van der Waals surface area contributed by atoms with Crippen molar-refractivity contribution >= 4 is 22.9 Å². The molecule has 1 rings (SSSR count). The van der Waals surface area contributed by atoms with Crippen LogP contribution in [0.1, 0.15) is 84.0 Å². The molecule has 0 bridgehead atoms. The maximum absolute atomic E-state index is 11.5. The largest absolute Gasteiger partial charge is 0.338 e. The number of unbranched alkanes of at least 4 members (excludes halogenated alkanes) is 8. The van der Waals surface area contributed by atoms with Crippen molar-refractivity contribution in [2.75, 3.05) is 13.1 Å². The molecule has 0 saturated carbocycles. The van der Waals surface area contributed by atoms with Crippen molar-refractivity contribution in [1.29, 1.82) is 0 Å². The summed E-state index contributed by atoms with van der Waals surface area (Å²) in [4.78, 5) is 11.5. The monoisotopic (exact) mass is 400 g/mol. The standard InChI is InChI=1S/C20H40N4O2S/c1-3-4-14-17-21-20(25)22-18-15-12-10-8-6-5-7-9-11-13-16-19-23-26-27(2)24-19/h6,8,19,23-24H,2-5,7,9-18H2,1H3,(H2,21,22,25)/b8-6-. The van der Waals surface area contributed by atoms with Crippen LogP contribution < -0.4 is 20.8 Å². The van der Waals surface area contributed by atoms with E-state index in [-0.39, 0.29) is 23.1 Å². The second kappa shape index (κ2) is 17.2. The smallest absolute Gasteiger partial charge is 0.314 e. The van der Waals surface area contributed by atoms with Crippen molar-refractivity contribution in [2.24, 2.45) is 0 Å². The first-order valence-electron chi connectivity index (χ1n) is 10.6. The zero-order valence-electron chi connectivity index (χ0n) is 17.1. The van der Waals surface area contributed by atoms with E-state index < -0.39 is 0 Å². The molecule has 0 aromatic heterocycles. The van der Waals surface area contributed by atoms with Crippen molar-refractivity contribution in [3.63, 3.8) is 0 Å². The third-order valence-electron chi connectivity index (χ3n) is 4.49. The number of allylic oxidation sites excluding steroid dienone is 2. The molecule has 1 aliphatic heterocycles. The molecule has 2 amide bonds. The van der Waals surface area contributed by atoms with Gasteiger partial charge in [-0.25, -0.2) is 13.8 Å². The number of nitrogens with one attached hydrogen (secondary N) is 4. The fourth-order valence-corrected chi connectivity index (χ4v) is 3.63. The van der Waals surface area contributed by atoms with Gasteiger partial charge in [-0.05, 0) is 50.8 Å². The lowest BCUT2D eigenvalue weighted by molar-refractivity contribution is 0.212. The van der Waals surface area contributed by atoms with Crippen molar-refractivity contribution in [1.82, 2.24) is 20.8 Å². The van der Waals surface area contributed by atoms with Gasteiger partial charge in [0.25, 0.3) is 0 Å². The van der Waals surface area contributed by atoms with Gasteiger partial charge in [0, 0.05) is 24.0 Å². The van der Waals surface area contributed by atoms with E-state index in [0.29, 0.717) is 0 Å². The third kappa shape index (κ3) is 14.8. The summed E-state index contributed by atoms with van der Waals surface area (Å²) < 4.78 is 8.44. The molecule has 6 nitrogen and oxygen atoms in total. The van der Waals surface area contributed by atoms with Crippen LogP contribution in [-0.2, 0) is 4.28 Å². The number of urea groups is 1. The first kappa shape index (κ1) is 24.1. The van der Waals surface area contributed by atoms with E-state index in [1.165, 1.54) is 44.9 Å². The number of rotatable bonds is 16. The van der Waals surface area contributed by atoms with Crippen LogP contribution in [0, 0.1) is 0 Å². The highest BCUT2D eigenvalue weighted by atomic mass is 32.2. The van der Waals surface area contributed by atoms with Gasteiger partial charge in [-0.3, -0.25) is 0 Å². The van der Waals surface area contributed by atoms with Crippen LogP contribution >= 0.6 is 11.0 Å². The Balaban J connectivity index is 1.77. The second-order valence-corrected chi connectivity index (χ2v) is 8.16. The quantitative estimate of drug-likeness (QED) is 0.174. The van der Waals surface area contributed by atoms with Crippen LogP contribution in [0.25, 0.3) is 0 Å². The molecule has 0 aromatic carbocycles. The summed E-state index contributed by atoms with van der Waals surface area (Å²) in [6.07, 6.45) is 18.8. The fourth-order valence-electron chi connectivity index (χ4n) is 2.87. The van der Waals surface area contributed by atoms with Crippen LogP contribution in [0.15, 0.2) is 12.2 Å². The lowest BCUT2D eigenvalue weighted by Gasteiger charge is -2.07. The fraction of sp³-hybridized carbons (Fsp3) is 0.800. The van der Waals surface area contributed by atoms with Gasteiger partial charge < -0.3 is 10.6 Å². The minimum atomic E-state index is -0.368. The van der Waals surface area contributed by atoms with Gasteiger partial charge in [0.1, 0.15) is 0 Å². The Morgan fingerprint density at radius 3 is 2.26 bits per heavy atom. The number of hydroxylamine groups is 1. The highest BCUT2D eigenvalue weighted by Gasteiger charge is 2.15. The van der Waals surface area contributed by atoms with Crippen molar-refractivity contribution < 1.29 is 9.08 Å². The average molecular weight is 401 g/mol. The van der Waals surface area contributed by atoms with Gasteiger partial charge in [-0.1, -0.05) is 51.2 Å². The first-order valence-corrected chi connectivity index (χ1v) is 11.9. The Hall–Kier alpha value is -0.890. The predicted molar refractivity (Wildman–Crippen MR) is 117 cm³/mol. The Labute approximate surface area is 168 Å². The molecular formula is C20H40N4O2S. The average Bonchev–Trinajstić information content (AvgIpc) is 3.08.